The van der Waals surface area contributed by atoms with Gasteiger partial charge in [-0.15, -0.1) is 0 Å². The van der Waals surface area contributed by atoms with E-state index in [-0.39, 0.29) is 11.9 Å². The minimum atomic E-state index is -0.261. The highest BCUT2D eigenvalue weighted by Crippen LogP contribution is 2.28. The fraction of sp³-hybridized carbons (Fsp3) is 0.200. The SMILES string of the molecule is Cc1ccc(Br)c(C(Cc2ccc(F)c(Br)c2)NN)c1. The van der Waals surface area contributed by atoms with Gasteiger partial charge in [-0.1, -0.05) is 39.7 Å². The summed E-state index contributed by atoms with van der Waals surface area (Å²) < 4.78 is 14.7. The van der Waals surface area contributed by atoms with Crippen LogP contribution in [0.15, 0.2) is 45.3 Å². The predicted molar refractivity (Wildman–Crippen MR) is 86.7 cm³/mol. The van der Waals surface area contributed by atoms with Crippen molar-refractivity contribution >= 4 is 31.9 Å². The topological polar surface area (TPSA) is 38.0 Å². The number of nitrogens with one attached hydrogen (secondary N) is 1. The zero-order valence-electron chi connectivity index (χ0n) is 11.0. The Labute approximate surface area is 134 Å². The molecule has 2 aromatic rings. The molecular weight excluding hydrogens is 387 g/mol. The summed E-state index contributed by atoms with van der Waals surface area (Å²) in [4.78, 5) is 0. The first kappa shape index (κ1) is 15.6. The van der Waals surface area contributed by atoms with Gasteiger partial charge in [0, 0.05) is 4.47 Å². The summed E-state index contributed by atoms with van der Waals surface area (Å²) >= 11 is 6.75. The van der Waals surface area contributed by atoms with Crippen molar-refractivity contribution in [1.29, 1.82) is 0 Å². The summed E-state index contributed by atoms with van der Waals surface area (Å²) in [5, 5.41) is 0. The Bertz CT molecular complexity index is 617. The molecule has 0 fully saturated rings. The number of hydrogen-bond donors (Lipinski definition) is 2. The van der Waals surface area contributed by atoms with E-state index in [1.165, 1.54) is 11.6 Å². The summed E-state index contributed by atoms with van der Waals surface area (Å²) in [6, 6.07) is 11.1. The summed E-state index contributed by atoms with van der Waals surface area (Å²) in [6.45, 7) is 2.04. The quantitative estimate of drug-likeness (QED) is 0.588. The van der Waals surface area contributed by atoms with Crippen LogP contribution in [0.1, 0.15) is 22.7 Å². The van der Waals surface area contributed by atoms with Crippen LogP contribution in [0, 0.1) is 12.7 Å². The molecule has 2 nitrogen and oxygen atoms in total. The molecule has 20 heavy (non-hydrogen) atoms. The Morgan fingerprint density at radius 3 is 2.55 bits per heavy atom. The molecule has 5 heteroatoms. The average molecular weight is 402 g/mol. The van der Waals surface area contributed by atoms with Gasteiger partial charge in [0.05, 0.1) is 10.5 Å². The Hall–Kier alpha value is -0.750. The standard InChI is InChI=1S/C15H15Br2FN2/c1-9-2-4-12(16)11(6-9)15(20-19)8-10-3-5-14(18)13(17)7-10/h2-7,15,20H,8,19H2,1H3. The number of aryl methyl sites for hydroxylation is 1. The Morgan fingerprint density at radius 1 is 1.15 bits per heavy atom. The van der Waals surface area contributed by atoms with Crippen LogP contribution in [0.3, 0.4) is 0 Å². The molecule has 2 rings (SSSR count). The summed E-state index contributed by atoms with van der Waals surface area (Å²) in [5.41, 5.74) is 6.10. The van der Waals surface area contributed by atoms with Gasteiger partial charge >= 0.3 is 0 Å². The van der Waals surface area contributed by atoms with E-state index in [1.54, 1.807) is 12.1 Å². The van der Waals surface area contributed by atoms with Crippen LogP contribution in [-0.4, -0.2) is 0 Å². The Kier molecular flexibility index (Phi) is 5.32. The molecule has 1 atom stereocenters. The largest absolute Gasteiger partial charge is 0.271 e. The van der Waals surface area contributed by atoms with Crippen LogP contribution in [0.25, 0.3) is 0 Å². The van der Waals surface area contributed by atoms with Gasteiger partial charge in [-0.3, -0.25) is 11.3 Å². The van der Waals surface area contributed by atoms with Gasteiger partial charge in [0.1, 0.15) is 5.82 Å². The number of hydrazine groups is 1. The molecule has 106 valence electrons. The van der Waals surface area contributed by atoms with E-state index >= 15 is 0 Å². The Balaban J connectivity index is 2.28. The molecule has 0 aliphatic rings. The molecule has 0 amide bonds. The summed E-state index contributed by atoms with van der Waals surface area (Å²) in [7, 11) is 0. The van der Waals surface area contributed by atoms with Crippen LogP contribution in [0.2, 0.25) is 0 Å². The minimum absolute atomic E-state index is 0.0402. The first-order valence-electron chi connectivity index (χ1n) is 6.17. The van der Waals surface area contributed by atoms with Crippen molar-refractivity contribution in [2.45, 2.75) is 19.4 Å². The maximum absolute atomic E-state index is 13.3. The van der Waals surface area contributed by atoms with Gasteiger partial charge in [0.25, 0.3) is 0 Å². The normalized spacial score (nSPS) is 12.4. The van der Waals surface area contributed by atoms with Crippen LogP contribution in [0.5, 0.6) is 0 Å². The van der Waals surface area contributed by atoms with Gasteiger partial charge in [0.2, 0.25) is 0 Å². The number of halogens is 3. The number of nitrogens with two attached hydrogens (primary N) is 1. The van der Waals surface area contributed by atoms with E-state index < -0.39 is 0 Å². The lowest BCUT2D eigenvalue weighted by Crippen LogP contribution is -2.30. The molecule has 0 spiro atoms. The molecule has 3 N–H and O–H groups in total. The highest BCUT2D eigenvalue weighted by atomic mass is 79.9. The second-order valence-electron chi connectivity index (χ2n) is 4.70. The molecule has 0 bridgehead atoms. The summed E-state index contributed by atoms with van der Waals surface area (Å²) in [5.74, 6) is 5.42. The van der Waals surface area contributed by atoms with Crippen molar-refractivity contribution in [1.82, 2.24) is 5.43 Å². The lowest BCUT2D eigenvalue weighted by molar-refractivity contribution is 0.548. The Morgan fingerprint density at radius 2 is 1.90 bits per heavy atom. The van der Waals surface area contributed by atoms with Crippen LogP contribution in [0.4, 0.5) is 4.39 Å². The zero-order valence-corrected chi connectivity index (χ0v) is 14.1. The molecule has 0 radical (unpaired) electrons. The third kappa shape index (κ3) is 3.67. The third-order valence-corrected chi connectivity index (χ3v) is 4.48. The number of hydrogen-bond acceptors (Lipinski definition) is 2. The molecule has 0 saturated heterocycles. The maximum Gasteiger partial charge on any atom is 0.137 e. The zero-order chi connectivity index (χ0) is 14.7. The minimum Gasteiger partial charge on any atom is -0.271 e. The molecule has 0 aromatic heterocycles. The molecular formula is C15H15Br2FN2. The van der Waals surface area contributed by atoms with Crippen molar-refractivity contribution in [3.8, 4) is 0 Å². The lowest BCUT2D eigenvalue weighted by Gasteiger charge is -2.19. The second-order valence-corrected chi connectivity index (χ2v) is 6.41. The van der Waals surface area contributed by atoms with Gasteiger partial charge in [0.15, 0.2) is 0 Å². The highest BCUT2D eigenvalue weighted by Gasteiger charge is 2.14. The monoisotopic (exact) mass is 400 g/mol. The maximum atomic E-state index is 13.3. The number of benzene rings is 2. The van der Waals surface area contributed by atoms with Crippen molar-refractivity contribution in [2.75, 3.05) is 0 Å². The van der Waals surface area contributed by atoms with Crippen molar-refractivity contribution < 1.29 is 4.39 Å². The van der Waals surface area contributed by atoms with Gasteiger partial charge in [-0.2, -0.15) is 0 Å². The number of rotatable bonds is 4. The van der Waals surface area contributed by atoms with E-state index in [4.69, 9.17) is 5.84 Å². The van der Waals surface area contributed by atoms with Crippen LogP contribution >= 0.6 is 31.9 Å². The average Bonchev–Trinajstić information content (AvgIpc) is 2.43. The fourth-order valence-corrected chi connectivity index (χ4v) is 3.04. The third-order valence-electron chi connectivity index (χ3n) is 3.15. The smallest absolute Gasteiger partial charge is 0.137 e. The molecule has 1 unspecified atom stereocenters. The lowest BCUT2D eigenvalue weighted by atomic mass is 9.98. The molecule has 0 saturated carbocycles. The van der Waals surface area contributed by atoms with Crippen LogP contribution < -0.4 is 11.3 Å². The highest BCUT2D eigenvalue weighted by molar-refractivity contribution is 9.10. The van der Waals surface area contributed by atoms with Gasteiger partial charge in [-0.25, -0.2) is 4.39 Å². The second kappa shape index (κ2) is 6.80. The molecule has 0 heterocycles. The van der Waals surface area contributed by atoms with Crippen LogP contribution in [-0.2, 0) is 6.42 Å². The first-order valence-corrected chi connectivity index (χ1v) is 7.76. The molecule has 0 aliphatic carbocycles. The molecule has 0 aliphatic heterocycles. The van der Waals surface area contributed by atoms with E-state index in [2.05, 4.69) is 43.4 Å². The van der Waals surface area contributed by atoms with E-state index in [0.717, 1.165) is 15.6 Å². The molecule has 2 aromatic carbocycles. The summed E-state index contributed by atoms with van der Waals surface area (Å²) in [6.07, 6.45) is 0.678. The van der Waals surface area contributed by atoms with E-state index in [9.17, 15) is 4.39 Å². The fourth-order valence-electron chi connectivity index (χ4n) is 2.09. The van der Waals surface area contributed by atoms with E-state index in [0.29, 0.717) is 10.9 Å². The van der Waals surface area contributed by atoms with Crippen molar-refractivity contribution in [3.05, 3.63) is 67.9 Å². The van der Waals surface area contributed by atoms with Crippen molar-refractivity contribution in [2.24, 2.45) is 5.84 Å². The van der Waals surface area contributed by atoms with Gasteiger partial charge < -0.3 is 0 Å². The van der Waals surface area contributed by atoms with E-state index in [1.807, 2.05) is 19.1 Å². The predicted octanol–water partition coefficient (Wildman–Crippen LogP) is 4.41. The first-order chi connectivity index (χ1) is 9.51. The van der Waals surface area contributed by atoms with Crippen molar-refractivity contribution in [3.63, 3.8) is 0 Å². The van der Waals surface area contributed by atoms with Gasteiger partial charge in [-0.05, 0) is 58.6 Å².